The highest BCUT2D eigenvalue weighted by Gasteiger charge is 2.27. The van der Waals surface area contributed by atoms with E-state index in [0.717, 1.165) is 11.3 Å². The van der Waals surface area contributed by atoms with Gasteiger partial charge < -0.3 is 20.1 Å². The molecule has 0 bridgehead atoms. The van der Waals surface area contributed by atoms with Crippen LogP contribution in [0.2, 0.25) is 0 Å². The summed E-state index contributed by atoms with van der Waals surface area (Å²) in [4.78, 5) is 39.1. The van der Waals surface area contributed by atoms with Gasteiger partial charge in [0.2, 0.25) is 0 Å². The molecule has 0 fully saturated rings. The van der Waals surface area contributed by atoms with E-state index in [2.05, 4.69) is 15.6 Å². The van der Waals surface area contributed by atoms with Gasteiger partial charge in [-0.1, -0.05) is 19.1 Å². The molecule has 2 aromatic carbocycles. The number of benzene rings is 2. The molecular weight excluding hydrogens is 562 g/mol. The lowest BCUT2D eigenvalue weighted by Crippen LogP contribution is -2.38. The first kappa shape index (κ1) is 33.8. The number of carbonyl (C=O) groups is 3. The summed E-state index contributed by atoms with van der Waals surface area (Å²) >= 11 is 0. The summed E-state index contributed by atoms with van der Waals surface area (Å²) in [6, 6.07) is 15.7. The third-order valence-corrected chi connectivity index (χ3v) is 7.64. The van der Waals surface area contributed by atoms with Crippen molar-refractivity contribution in [3.05, 3.63) is 83.7 Å². The second-order valence-electron chi connectivity index (χ2n) is 9.14. The largest absolute Gasteiger partial charge is 0.493 e. The molecule has 225 valence electrons. The average molecular weight is 599 g/mol. The molecule has 0 saturated heterocycles. The van der Waals surface area contributed by atoms with Crippen molar-refractivity contribution in [1.29, 1.82) is 0 Å². The number of sulfone groups is 1. The maximum Gasteiger partial charge on any atom is 0.355 e. The van der Waals surface area contributed by atoms with Gasteiger partial charge in [0.15, 0.2) is 11.5 Å². The molecule has 0 aliphatic rings. The van der Waals surface area contributed by atoms with Crippen LogP contribution in [0.5, 0.6) is 11.5 Å². The lowest BCUT2D eigenvalue weighted by Gasteiger charge is -2.15. The Kier molecular flexibility index (Phi) is 13.4. The van der Waals surface area contributed by atoms with Gasteiger partial charge in [0.1, 0.15) is 0 Å². The molecular formula is C30H36N3O8S. The maximum absolute atomic E-state index is 12.6. The van der Waals surface area contributed by atoms with E-state index in [-0.39, 0.29) is 23.3 Å². The highest BCUT2D eigenvalue weighted by atomic mass is 32.2. The Balaban J connectivity index is 0.000000766. The summed E-state index contributed by atoms with van der Waals surface area (Å²) < 4.78 is 35.6. The van der Waals surface area contributed by atoms with Crippen LogP contribution in [0.1, 0.15) is 47.8 Å². The summed E-state index contributed by atoms with van der Waals surface area (Å²) in [5, 5.41) is 14.5. The Hall–Kier alpha value is -4.45. The third kappa shape index (κ3) is 10.5. The highest BCUT2D eigenvalue weighted by Crippen LogP contribution is 2.27. The van der Waals surface area contributed by atoms with Gasteiger partial charge in [0.05, 0.1) is 25.5 Å². The normalized spacial score (nSPS) is 11.3. The predicted molar refractivity (Wildman–Crippen MR) is 156 cm³/mol. The molecule has 0 aliphatic carbocycles. The fraction of sp³-hybridized carbons (Fsp3) is 0.333. The highest BCUT2D eigenvalue weighted by molar-refractivity contribution is 8.06. The lowest BCUT2D eigenvalue weighted by atomic mass is 10.1. The first-order valence-electron chi connectivity index (χ1n) is 13.2. The molecule has 42 heavy (non-hydrogen) atoms. The number of methoxy groups -OCH3 is 2. The number of pyridine rings is 1. The lowest BCUT2D eigenvalue weighted by molar-refractivity contribution is -0.143. The van der Waals surface area contributed by atoms with Crippen LogP contribution in [-0.2, 0) is 26.2 Å². The molecule has 3 aromatic rings. The van der Waals surface area contributed by atoms with Crippen LogP contribution in [-0.4, -0.2) is 57.3 Å². The summed E-state index contributed by atoms with van der Waals surface area (Å²) in [6.07, 6.45) is 2.44. The van der Waals surface area contributed by atoms with Gasteiger partial charge in [0, 0.05) is 30.0 Å². The molecule has 1 heterocycles. The molecule has 0 aliphatic heterocycles. The monoisotopic (exact) mass is 598 g/mol. The number of amides is 2. The molecule has 3 rings (SSSR count). The van der Waals surface area contributed by atoms with Crippen molar-refractivity contribution >= 4 is 27.0 Å². The molecule has 0 saturated carbocycles. The third-order valence-electron chi connectivity index (χ3n) is 6.14. The van der Waals surface area contributed by atoms with E-state index in [1.165, 1.54) is 31.4 Å². The van der Waals surface area contributed by atoms with Crippen LogP contribution in [0, 0.1) is 6.92 Å². The fourth-order valence-corrected chi connectivity index (χ4v) is 4.74. The summed E-state index contributed by atoms with van der Waals surface area (Å²) in [5.74, 6) is -0.488. The van der Waals surface area contributed by atoms with Crippen molar-refractivity contribution in [1.82, 2.24) is 15.6 Å². The number of carbonyl (C=O) groups excluding carboxylic acids is 3. The van der Waals surface area contributed by atoms with Crippen LogP contribution in [0.15, 0.2) is 71.8 Å². The first-order chi connectivity index (χ1) is 20.0. The van der Waals surface area contributed by atoms with Gasteiger partial charge >= 0.3 is 11.2 Å². The standard InChI is InChI=1S/C24H29N2O8S.C6H7N/c1-4-18(8-12-22(27)28)26-24(30)35(31,32)19-9-6-17(7-10-19)23(29)25-14-13-16-5-11-20(33-2)21(15-16)34-3;1-6-4-2-3-5-7-6/h5-7,9-11,15,18H,4,8,12-14H2,1-3H3,(H,25,29)(H,26,30);2-5H,1H3. The molecule has 1 radical (unpaired) electrons. The molecule has 1 aromatic heterocycles. The van der Waals surface area contributed by atoms with E-state index in [0.29, 0.717) is 30.9 Å². The van der Waals surface area contributed by atoms with Gasteiger partial charge in [-0.15, -0.1) is 0 Å². The number of ether oxygens (including phenoxy) is 2. The Bertz CT molecular complexity index is 1430. The molecule has 12 heteroatoms. The molecule has 1 atom stereocenters. The van der Waals surface area contributed by atoms with Gasteiger partial charge in [-0.25, -0.2) is 18.3 Å². The second-order valence-corrected chi connectivity index (χ2v) is 11.0. The van der Waals surface area contributed by atoms with Crippen molar-refractivity contribution in [3.8, 4) is 11.5 Å². The van der Waals surface area contributed by atoms with Crippen LogP contribution < -0.4 is 20.1 Å². The maximum atomic E-state index is 12.6. The zero-order chi connectivity index (χ0) is 31.1. The van der Waals surface area contributed by atoms with Gasteiger partial charge in [0.25, 0.3) is 15.7 Å². The summed E-state index contributed by atoms with van der Waals surface area (Å²) in [6.45, 7) is 4.01. The number of hydrogen-bond acceptors (Lipinski definition) is 8. The smallest absolute Gasteiger partial charge is 0.355 e. The first-order valence-corrected chi connectivity index (χ1v) is 14.7. The number of rotatable bonds is 12. The molecule has 0 spiro atoms. The number of nitrogens with one attached hydrogen (secondary N) is 2. The minimum Gasteiger partial charge on any atom is -0.493 e. The van der Waals surface area contributed by atoms with Crippen molar-refractivity contribution in [2.24, 2.45) is 0 Å². The van der Waals surface area contributed by atoms with Gasteiger partial charge in [-0.2, -0.15) is 0 Å². The zero-order valence-corrected chi connectivity index (χ0v) is 24.9. The number of hydrogen-bond donors (Lipinski definition) is 2. The second kappa shape index (κ2) is 16.7. The summed E-state index contributed by atoms with van der Waals surface area (Å²) in [7, 11) is -1.27. The molecule has 11 nitrogen and oxygen atoms in total. The van der Waals surface area contributed by atoms with E-state index in [4.69, 9.17) is 9.47 Å². The molecule has 2 N–H and O–H groups in total. The minimum atomic E-state index is -4.36. The SMILES string of the molecule is CCC(CCC([O])=O)NC(=O)S(=O)(=O)c1ccc(C(=O)NCCc2ccc(OC)c(OC)c2)cc1.Cc1ccccn1. The van der Waals surface area contributed by atoms with E-state index in [9.17, 15) is 27.9 Å². The Morgan fingerprint density at radius 2 is 1.64 bits per heavy atom. The molecule has 1 unspecified atom stereocenters. The number of aryl methyl sites for hydroxylation is 1. The minimum absolute atomic E-state index is 0.0580. The van der Waals surface area contributed by atoms with Crippen LogP contribution in [0.3, 0.4) is 0 Å². The number of nitrogens with zero attached hydrogens (tertiary/aromatic N) is 1. The zero-order valence-electron chi connectivity index (χ0n) is 24.1. The van der Waals surface area contributed by atoms with Crippen LogP contribution in [0.4, 0.5) is 4.79 Å². The predicted octanol–water partition coefficient (Wildman–Crippen LogP) is 4.07. The summed E-state index contributed by atoms with van der Waals surface area (Å²) in [5.41, 5.74) is 2.24. The molecule has 2 amide bonds. The Morgan fingerprint density at radius 1 is 0.952 bits per heavy atom. The van der Waals surface area contributed by atoms with Gasteiger partial charge in [-0.05, 0) is 80.3 Å². The van der Waals surface area contributed by atoms with Crippen LogP contribution >= 0.6 is 0 Å². The van der Waals surface area contributed by atoms with Crippen molar-refractivity contribution < 1.29 is 37.4 Å². The number of aromatic nitrogens is 1. The Morgan fingerprint density at radius 3 is 2.17 bits per heavy atom. The van der Waals surface area contributed by atoms with Crippen molar-refractivity contribution in [3.63, 3.8) is 0 Å². The van der Waals surface area contributed by atoms with E-state index >= 15 is 0 Å². The quantitative estimate of drug-likeness (QED) is 0.315. The Labute approximate surface area is 246 Å². The van der Waals surface area contributed by atoms with E-state index < -0.39 is 33.0 Å². The fourth-order valence-electron chi connectivity index (χ4n) is 3.71. The van der Waals surface area contributed by atoms with E-state index in [1.54, 1.807) is 26.3 Å². The van der Waals surface area contributed by atoms with Crippen molar-refractivity contribution in [2.75, 3.05) is 20.8 Å². The average Bonchev–Trinajstić information content (AvgIpc) is 2.99. The van der Waals surface area contributed by atoms with Crippen molar-refractivity contribution in [2.45, 2.75) is 50.5 Å². The topological polar surface area (TPSA) is 161 Å². The van der Waals surface area contributed by atoms with Crippen LogP contribution in [0.25, 0.3) is 0 Å². The van der Waals surface area contributed by atoms with E-state index in [1.807, 2.05) is 37.3 Å². The van der Waals surface area contributed by atoms with Gasteiger partial charge in [-0.3, -0.25) is 14.6 Å².